The van der Waals surface area contributed by atoms with Crippen molar-refractivity contribution in [2.45, 2.75) is 6.92 Å². The molecule has 0 radical (unpaired) electrons. The molecule has 2 aromatic rings. The van der Waals surface area contributed by atoms with Crippen LogP contribution >= 0.6 is 23.2 Å². The van der Waals surface area contributed by atoms with Crippen LogP contribution in [0.5, 0.6) is 0 Å². The van der Waals surface area contributed by atoms with Gasteiger partial charge in [-0.15, -0.1) is 0 Å². The first kappa shape index (κ1) is 12.0. The first-order valence-corrected chi connectivity index (χ1v) is 5.61. The highest BCUT2D eigenvalue weighted by Crippen LogP contribution is 2.25. The van der Waals surface area contributed by atoms with Crippen molar-refractivity contribution in [2.75, 3.05) is 0 Å². The van der Waals surface area contributed by atoms with Crippen LogP contribution in [0.25, 0.3) is 11.4 Å². The molecule has 0 bridgehead atoms. The summed E-state index contributed by atoms with van der Waals surface area (Å²) < 4.78 is 0. The predicted octanol–water partition coefficient (Wildman–Crippen LogP) is 3.57. The maximum absolute atomic E-state index is 10.7. The van der Waals surface area contributed by atoms with E-state index in [4.69, 9.17) is 23.2 Å². The van der Waals surface area contributed by atoms with Crippen LogP contribution in [0.3, 0.4) is 0 Å². The van der Waals surface area contributed by atoms with Crippen LogP contribution in [0, 0.1) is 6.92 Å². The first-order valence-electron chi connectivity index (χ1n) is 4.86. The highest BCUT2D eigenvalue weighted by molar-refractivity contribution is 6.35. The molecule has 0 amide bonds. The molecular weight excluding hydrogens is 259 g/mol. The molecule has 0 spiro atoms. The molecule has 0 aliphatic carbocycles. The number of halogens is 2. The minimum atomic E-state index is 0.337. The van der Waals surface area contributed by atoms with Gasteiger partial charge in [0.1, 0.15) is 5.69 Å². The molecule has 1 aromatic carbocycles. The van der Waals surface area contributed by atoms with E-state index in [0.29, 0.717) is 39.1 Å². The molecular formula is C12H8Cl2N2O. The Kier molecular flexibility index (Phi) is 3.41. The second-order valence-electron chi connectivity index (χ2n) is 3.53. The maximum Gasteiger partial charge on any atom is 0.168 e. The van der Waals surface area contributed by atoms with E-state index < -0.39 is 0 Å². The Hall–Kier alpha value is -1.45. The van der Waals surface area contributed by atoms with E-state index in [1.165, 1.54) is 0 Å². The van der Waals surface area contributed by atoms with E-state index in [2.05, 4.69) is 9.97 Å². The van der Waals surface area contributed by atoms with E-state index in [0.717, 1.165) is 0 Å². The van der Waals surface area contributed by atoms with Crippen LogP contribution in [0.15, 0.2) is 24.3 Å². The van der Waals surface area contributed by atoms with Gasteiger partial charge in [-0.1, -0.05) is 23.2 Å². The number of aryl methyl sites for hydroxylation is 1. The smallest absolute Gasteiger partial charge is 0.168 e. The zero-order valence-electron chi connectivity index (χ0n) is 8.95. The van der Waals surface area contributed by atoms with E-state index in [1.807, 2.05) is 0 Å². The fourth-order valence-corrected chi connectivity index (χ4v) is 1.99. The molecule has 0 saturated carbocycles. The Morgan fingerprint density at radius 1 is 1.06 bits per heavy atom. The molecule has 5 heteroatoms. The summed E-state index contributed by atoms with van der Waals surface area (Å²) in [6, 6.07) is 6.65. The van der Waals surface area contributed by atoms with Gasteiger partial charge in [-0.2, -0.15) is 0 Å². The number of rotatable bonds is 2. The van der Waals surface area contributed by atoms with Crippen molar-refractivity contribution in [3.05, 3.63) is 45.7 Å². The number of aldehydes is 1. The summed E-state index contributed by atoms with van der Waals surface area (Å²) in [5.74, 6) is 0.441. The molecule has 0 N–H and O–H groups in total. The summed E-state index contributed by atoms with van der Waals surface area (Å²) in [5.41, 5.74) is 1.74. The van der Waals surface area contributed by atoms with Crippen molar-refractivity contribution >= 4 is 29.5 Å². The van der Waals surface area contributed by atoms with Gasteiger partial charge in [-0.3, -0.25) is 4.79 Å². The molecule has 86 valence electrons. The Morgan fingerprint density at radius 3 is 2.29 bits per heavy atom. The number of carbonyl (C=O) groups is 1. The Balaban J connectivity index is 2.59. The van der Waals surface area contributed by atoms with Crippen molar-refractivity contribution in [2.24, 2.45) is 0 Å². The molecule has 17 heavy (non-hydrogen) atoms. The first-order chi connectivity index (χ1) is 8.08. The number of aromatic nitrogens is 2. The molecule has 0 saturated heterocycles. The summed E-state index contributed by atoms with van der Waals surface area (Å²) in [6.45, 7) is 1.80. The summed E-state index contributed by atoms with van der Waals surface area (Å²) in [4.78, 5) is 19.1. The quantitative estimate of drug-likeness (QED) is 0.781. The van der Waals surface area contributed by atoms with E-state index >= 15 is 0 Å². The van der Waals surface area contributed by atoms with Gasteiger partial charge in [0.15, 0.2) is 12.1 Å². The zero-order chi connectivity index (χ0) is 12.4. The normalized spacial score (nSPS) is 10.3. The summed E-state index contributed by atoms with van der Waals surface area (Å²) in [6.07, 6.45) is 0.685. The molecule has 1 aromatic heterocycles. The van der Waals surface area contributed by atoms with Gasteiger partial charge in [0.25, 0.3) is 0 Å². The summed E-state index contributed by atoms with van der Waals surface area (Å²) in [7, 11) is 0. The Bertz CT molecular complexity index is 564. The molecule has 2 rings (SSSR count). The van der Waals surface area contributed by atoms with E-state index in [-0.39, 0.29) is 0 Å². The van der Waals surface area contributed by atoms with Crippen LogP contribution in [0.4, 0.5) is 0 Å². The van der Waals surface area contributed by atoms with E-state index in [9.17, 15) is 4.79 Å². The third kappa shape index (κ3) is 2.81. The third-order valence-electron chi connectivity index (χ3n) is 2.12. The van der Waals surface area contributed by atoms with Crippen molar-refractivity contribution in [1.82, 2.24) is 9.97 Å². The summed E-state index contributed by atoms with van der Waals surface area (Å²) in [5, 5.41) is 1.01. The van der Waals surface area contributed by atoms with Gasteiger partial charge in [0.2, 0.25) is 0 Å². The standard InChI is InChI=1S/C12H8Cl2N2O/c1-7-2-11(6-17)16-12(15-7)8-3-9(13)5-10(14)4-8/h2-6H,1H3. The average molecular weight is 267 g/mol. The lowest BCUT2D eigenvalue weighted by atomic mass is 10.2. The Labute approximate surface area is 108 Å². The van der Waals surface area contributed by atoms with Crippen molar-refractivity contribution < 1.29 is 4.79 Å². The minimum absolute atomic E-state index is 0.337. The summed E-state index contributed by atoms with van der Waals surface area (Å²) >= 11 is 11.8. The van der Waals surface area contributed by atoms with Crippen molar-refractivity contribution in [3.8, 4) is 11.4 Å². The minimum Gasteiger partial charge on any atom is -0.296 e. The van der Waals surface area contributed by atoms with Crippen LogP contribution in [0.1, 0.15) is 16.2 Å². The van der Waals surface area contributed by atoms with E-state index in [1.54, 1.807) is 31.2 Å². The SMILES string of the molecule is Cc1cc(C=O)nc(-c2cc(Cl)cc(Cl)c2)n1. The van der Waals surface area contributed by atoms with Gasteiger partial charge in [-0.05, 0) is 31.2 Å². The second kappa shape index (κ2) is 4.82. The number of hydrogen-bond acceptors (Lipinski definition) is 3. The van der Waals surface area contributed by atoms with Crippen LogP contribution in [0.2, 0.25) is 10.0 Å². The molecule has 0 atom stereocenters. The predicted molar refractivity (Wildman–Crippen MR) is 67.6 cm³/mol. The van der Waals surface area contributed by atoms with Crippen molar-refractivity contribution in [1.29, 1.82) is 0 Å². The third-order valence-corrected chi connectivity index (χ3v) is 2.55. The molecule has 1 heterocycles. The fourth-order valence-electron chi connectivity index (χ4n) is 1.47. The number of hydrogen-bond donors (Lipinski definition) is 0. The molecule has 0 unspecified atom stereocenters. The van der Waals surface area contributed by atoms with Gasteiger partial charge in [0, 0.05) is 21.3 Å². The fraction of sp³-hybridized carbons (Fsp3) is 0.0833. The van der Waals surface area contributed by atoms with Gasteiger partial charge in [-0.25, -0.2) is 9.97 Å². The largest absolute Gasteiger partial charge is 0.296 e. The van der Waals surface area contributed by atoms with Crippen molar-refractivity contribution in [3.63, 3.8) is 0 Å². The van der Waals surface area contributed by atoms with Crippen LogP contribution in [-0.2, 0) is 0 Å². The maximum atomic E-state index is 10.7. The van der Waals surface area contributed by atoms with Gasteiger partial charge < -0.3 is 0 Å². The number of carbonyl (C=O) groups excluding carboxylic acids is 1. The monoisotopic (exact) mass is 266 g/mol. The number of nitrogens with zero attached hydrogens (tertiary/aromatic N) is 2. The zero-order valence-corrected chi connectivity index (χ0v) is 10.5. The Morgan fingerprint density at radius 2 is 1.71 bits per heavy atom. The molecule has 3 nitrogen and oxygen atoms in total. The molecule has 0 fully saturated rings. The molecule has 0 aliphatic heterocycles. The lowest BCUT2D eigenvalue weighted by molar-refractivity contribution is 0.111. The second-order valence-corrected chi connectivity index (χ2v) is 4.41. The highest BCUT2D eigenvalue weighted by atomic mass is 35.5. The number of benzene rings is 1. The lowest BCUT2D eigenvalue weighted by Gasteiger charge is -2.04. The van der Waals surface area contributed by atoms with Gasteiger partial charge >= 0.3 is 0 Å². The van der Waals surface area contributed by atoms with Crippen LogP contribution in [-0.4, -0.2) is 16.3 Å². The lowest BCUT2D eigenvalue weighted by Crippen LogP contribution is -1.96. The topological polar surface area (TPSA) is 42.9 Å². The van der Waals surface area contributed by atoms with Crippen LogP contribution < -0.4 is 0 Å². The van der Waals surface area contributed by atoms with Gasteiger partial charge in [0.05, 0.1) is 0 Å². The molecule has 0 aliphatic rings. The average Bonchev–Trinajstić information content (AvgIpc) is 2.26. The highest BCUT2D eigenvalue weighted by Gasteiger charge is 2.06.